The number of fused-ring (bicyclic) bond motifs is 1. The van der Waals surface area contributed by atoms with E-state index >= 15 is 0 Å². The Labute approximate surface area is 118 Å². The van der Waals surface area contributed by atoms with Crippen LogP contribution in [0.1, 0.15) is 18.4 Å². The molecule has 20 heavy (non-hydrogen) atoms. The molecule has 1 amide bonds. The molecule has 0 saturated carbocycles. The Morgan fingerprint density at radius 2 is 2.05 bits per heavy atom. The molecule has 0 aliphatic carbocycles. The summed E-state index contributed by atoms with van der Waals surface area (Å²) in [5.41, 5.74) is 1.08. The van der Waals surface area contributed by atoms with E-state index in [0.29, 0.717) is 13.0 Å². The highest BCUT2D eigenvalue weighted by Crippen LogP contribution is 2.19. The third-order valence-corrected chi connectivity index (χ3v) is 3.78. The van der Waals surface area contributed by atoms with Gasteiger partial charge in [-0.15, -0.1) is 0 Å². The van der Waals surface area contributed by atoms with Crippen LogP contribution in [-0.4, -0.2) is 25.2 Å². The van der Waals surface area contributed by atoms with Gasteiger partial charge in [-0.3, -0.25) is 4.79 Å². The highest BCUT2D eigenvalue weighted by molar-refractivity contribution is 5.90. The molecule has 2 aromatic rings. The molecule has 1 atom stereocenters. The Bertz CT molecular complexity index is 597. The van der Waals surface area contributed by atoms with E-state index in [1.54, 1.807) is 0 Å². The Morgan fingerprint density at radius 3 is 2.90 bits per heavy atom. The fourth-order valence-electron chi connectivity index (χ4n) is 2.72. The first kappa shape index (κ1) is 13.1. The predicted octanol–water partition coefficient (Wildman–Crippen LogP) is 2.68. The molecule has 0 unspecified atom stereocenters. The predicted molar refractivity (Wildman–Crippen MR) is 79.6 cm³/mol. The third-order valence-electron chi connectivity index (χ3n) is 3.78. The van der Waals surface area contributed by atoms with E-state index in [9.17, 15) is 4.79 Å². The molecular formula is C17H19NO2. The van der Waals surface area contributed by atoms with Gasteiger partial charge in [-0.05, 0) is 29.2 Å². The maximum absolute atomic E-state index is 12.0. The van der Waals surface area contributed by atoms with Crippen molar-refractivity contribution in [1.82, 2.24) is 5.32 Å². The summed E-state index contributed by atoms with van der Waals surface area (Å²) in [6.45, 7) is 1.45. The van der Waals surface area contributed by atoms with E-state index in [0.717, 1.165) is 30.4 Å². The second-order valence-corrected chi connectivity index (χ2v) is 5.25. The van der Waals surface area contributed by atoms with Gasteiger partial charge in [-0.25, -0.2) is 0 Å². The summed E-state index contributed by atoms with van der Waals surface area (Å²) in [7, 11) is 0. The van der Waals surface area contributed by atoms with Crippen molar-refractivity contribution in [3.05, 3.63) is 48.0 Å². The maximum atomic E-state index is 12.0. The largest absolute Gasteiger partial charge is 0.376 e. The number of carbonyl (C=O) groups excluding carboxylic acids is 1. The first-order chi connectivity index (χ1) is 9.83. The average molecular weight is 269 g/mol. The van der Waals surface area contributed by atoms with Gasteiger partial charge in [0.2, 0.25) is 5.91 Å². The zero-order valence-electron chi connectivity index (χ0n) is 11.5. The van der Waals surface area contributed by atoms with Crippen LogP contribution in [0.3, 0.4) is 0 Å². The van der Waals surface area contributed by atoms with Crippen molar-refractivity contribution in [2.75, 3.05) is 13.2 Å². The van der Waals surface area contributed by atoms with E-state index in [1.807, 2.05) is 24.3 Å². The van der Waals surface area contributed by atoms with Gasteiger partial charge in [0, 0.05) is 13.2 Å². The van der Waals surface area contributed by atoms with E-state index in [-0.39, 0.29) is 12.0 Å². The minimum atomic E-state index is 0.0665. The fourth-order valence-corrected chi connectivity index (χ4v) is 2.72. The summed E-state index contributed by atoms with van der Waals surface area (Å²) in [5, 5.41) is 5.31. The second kappa shape index (κ2) is 6.06. The van der Waals surface area contributed by atoms with Crippen LogP contribution in [0.2, 0.25) is 0 Å². The minimum Gasteiger partial charge on any atom is -0.376 e. The molecule has 3 nitrogen and oxygen atoms in total. The zero-order chi connectivity index (χ0) is 13.8. The maximum Gasteiger partial charge on any atom is 0.224 e. The number of amides is 1. The van der Waals surface area contributed by atoms with Crippen LogP contribution < -0.4 is 5.32 Å². The molecule has 1 aliphatic heterocycles. The van der Waals surface area contributed by atoms with Crippen molar-refractivity contribution >= 4 is 16.7 Å². The summed E-state index contributed by atoms with van der Waals surface area (Å²) in [6.07, 6.45) is 2.78. The molecule has 0 bridgehead atoms. The number of ether oxygens (including phenoxy) is 1. The molecule has 0 aromatic heterocycles. The molecule has 104 valence electrons. The Kier molecular flexibility index (Phi) is 3.97. The van der Waals surface area contributed by atoms with Crippen molar-refractivity contribution in [3.8, 4) is 0 Å². The molecular weight excluding hydrogens is 250 g/mol. The number of nitrogens with one attached hydrogen (secondary N) is 1. The zero-order valence-corrected chi connectivity index (χ0v) is 11.5. The first-order valence-corrected chi connectivity index (χ1v) is 7.18. The number of hydrogen-bond donors (Lipinski definition) is 1. The summed E-state index contributed by atoms with van der Waals surface area (Å²) < 4.78 is 5.51. The Morgan fingerprint density at radius 1 is 1.20 bits per heavy atom. The highest BCUT2D eigenvalue weighted by atomic mass is 16.5. The molecule has 1 saturated heterocycles. The normalized spacial score (nSPS) is 18.3. The molecule has 1 N–H and O–H groups in total. The lowest BCUT2D eigenvalue weighted by Crippen LogP contribution is -2.32. The topological polar surface area (TPSA) is 38.3 Å². The van der Waals surface area contributed by atoms with Gasteiger partial charge in [-0.1, -0.05) is 42.5 Å². The van der Waals surface area contributed by atoms with Crippen molar-refractivity contribution in [2.45, 2.75) is 25.4 Å². The lowest BCUT2D eigenvalue weighted by atomic mass is 10.0. The SMILES string of the molecule is O=C(Cc1cccc2ccccc12)NC[C@@H]1CCCO1. The molecule has 1 heterocycles. The van der Waals surface area contributed by atoms with Crippen molar-refractivity contribution in [1.29, 1.82) is 0 Å². The van der Waals surface area contributed by atoms with E-state index in [2.05, 4.69) is 23.5 Å². The van der Waals surface area contributed by atoms with E-state index in [1.165, 1.54) is 5.39 Å². The van der Waals surface area contributed by atoms with Gasteiger partial charge >= 0.3 is 0 Å². The molecule has 3 heteroatoms. The molecule has 3 rings (SSSR count). The van der Waals surface area contributed by atoms with E-state index < -0.39 is 0 Å². The monoisotopic (exact) mass is 269 g/mol. The van der Waals surface area contributed by atoms with Crippen molar-refractivity contribution in [2.24, 2.45) is 0 Å². The van der Waals surface area contributed by atoms with Crippen LogP contribution in [-0.2, 0) is 16.0 Å². The first-order valence-electron chi connectivity index (χ1n) is 7.18. The van der Waals surface area contributed by atoms with Gasteiger partial charge < -0.3 is 10.1 Å². The summed E-state index contributed by atoms with van der Waals surface area (Å²) in [4.78, 5) is 12.0. The van der Waals surface area contributed by atoms with Gasteiger partial charge in [-0.2, -0.15) is 0 Å². The lowest BCUT2D eigenvalue weighted by molar-refractivity contribution is -0.120. The van der Waals surface area contributed by atoms with Crippen LogP contribution in [0.25, 0.3) is 10.8 Å². The van der Waals surface area contributed by atoms with Crippen molar-refractivity contribution in [3.63, 3.8) is 0 Å². The molecule has 2 aromatic carbocycles. The van der Waals surface area contributed by atoms with Crippen LogP contribution in [0, 0.1) is 0 Å². The molecule has 1 aliphatic rings. The highest BCUT2D eigenvalue weighted by Gasteiger charge is 2.16. The summed E-state index contributed by atoms with van der Waals surface area (Å²) in [6, 6.07) is 14.3. The quantitative estimate of drug-likeness (QED) is 0.926. The minimum absolute atomic E-state index is 0.0665. The lowest BCUT2D eigenvalue weighted by Gasteiger charge is -2.11. The van der Waals surface area contributed by atoms with Crippen LogP contribution in [0.15, 0.2) is 42.5 Å². The number of hydrogen-bond acceptors (Lipinski definition) is 2. The van der Waals surface area contributed by atoms with Gasteiger partial charge in [0.1, 0.15) is 0 Å². The van der Waals surface area contributed by atoms with Gasteiger partial charge in [0.05, 0.1) is 12.5 Å². The van der Waals surface area contributed by atoms with Crippen LogP contribution >= 0.6 is 0 Å². The number of benzene rings is 2. The fraction of sp³-hybridized carbons (Fsp3) is 0.353. The second-order valence-electron chi connectivity index (χ2n) is 5.25. The molecule has 1 fully saturated rings. The van der Waals surface area contributed by atoms with E-state index in [4.69, 9.17) is 4.74 Å². The standard InChI is InChI=1S/C17H19NO2/c19-17(18-12-15-8-4-10-20-15)11-14-7-3-6-13-5-1-2-9-16(13)14/h1-3,5-7,9,15H,4,8,10-12H2,(H,18,19)/t15-/m0/s1. The Hall–Kier alpha value is -1.87. The number of rotatable bonds is 4. The van der Waals surface area contributed by atoms with Gasteiger partial charge in [0.15, 0.2) is 0 Å². The summed E-state index contributed by atoms with van der Waals surface area (Å²) in [5.74, 6) is 0.0665. The third kappa shape index (κ3) is 2.99. The smallest absolute Gasteiger partial charge is 0.224 e. The molecule has 0 spiro atoms. The van der Waals surface area contributed by atoms with Crippen LogP contribution in [0.4, 0.5) is 0 Å². The van der Waals surface area contributed by atoms with Crippen molar-refractivity contribution < 1.29 is 9.53 Å². The summed E-state index contributed by atoms with van der Waals surface area (Å²) >= 11 is 0. The van der Waals surface area contributed by atoms with Gasteiger partial charge in [0.25, 0.3) is 0 Å². The van der Waals surface area contributed by atoms with Crippen LogP contribution in [0.5, 0.6) is 0 Å². The number of carbonyl (C=O) groups is 1. The molecule has 0 radical (unpaired) electrons. The average Bonchev–Trinajstić information content (AvgIpc) is 2.99. The Balaban J connectivity index is 1.65.